The number of nitrogens with zero attached hydrogens (tertiary/aromatic N) is 4. The van der Waals surface area contributed by atoms with Crippen LogP contribution in [0.25, 0.3) is 5.78 Å². The van der Waals surface area contributed by atoms with E-state index in [2.05, 4.69) is 16.9 Å². The van der Waals surface area contributed by atoms with Crippen molar-refractivity contribution in [2.24, 2.45) is 5.92 Å². The fourth-order valence-electron chi connectivity index (χ4n) is 2.68. The summed E-state index contributed by atoms with van der Waals surface area (Å²) in [4.78, 5) is 22.8. The average Bonchev–Trinajstić information content (AvgIpc) is 2.90. The summed E-state index contributed by atoms with van der Waals surface area (Å²) in [7, 11) is 0. The molecule has 1 saturated heterocycles. The van der Waals surface area contributed by atoms with Gasteiger partial charge in [-0.3, -0.25) is 9.20 Å². The number of likely N-dealkylation sites (tertiary alicyclic amines) is 1. The van der Waals surface area contributed by atoms with Crippen LogP contribution in [0.15, 0.2) is 24.7 Å². The zero-order chi connectivity index (χ0) is 13.2. The van der Waals surface area contributed by atoms with Crippen molar-refractivity contribution < 1.29 is 4.79 Å². The van der Waals surface area contributed by atoms with Crippen LogP contribution in [0.2, 0.25) is 0 Å². The fraction of sp³-hybridized carbons (Fsp3) is 0.500. The molecule has 1 amide bonds. The second-order valence-corrected chi connectivity index (χ2v) is 5.12. The molecule has 1 unspecified atom stereocenters. The maximum Gasteiger partial charge on any atom is 0.274 e. The van der Waals surface area contributed by atoms with Crippen molar-refractivity contribution >= 4 is 11.7 Å². The van der Waals surface area contributed by atoms with E-state index in [1.807, 2.05) is 17.2 Å². The number of carbonyl (C=O) groups is 1. The lowest BCUT2D eigenvalue weighted by Crippen LogP contribution is -2.39. The third-order valence-corrected chi connectivity index (χ3v) is 3.84. The van der Waals surface area contributed by atoms with Crippen molar-refractivity contribution in [3.63, 3.8) is 0 Å². The Kier molecular flexibility index (Phi) is 3.19. The van der Waals surface area contributed by atoms with Gasteiger partial charge >= 0.3 is 0 Å². The van der Waals surface area contributed by atoms with Crippen LogP contribution >= 0.6 is 0 Å². The highest BCUT2D eigenvalue weighted by Crippen LogP contribution is 2.20. The highest BCUT2D eigenvalue weighted by Gasteiger charge is 2.25. The molecule has 0 aromatic carbocycles. The highest BCUT2D eigenvalue weighted by atomic mass is 16.2. The molecule has 0 saturated carbocycles. The fourth-order valence-corrected chi connectivity index (χ4v) is 2.68. The van der Waals surface area contributed by atoms with E-state index in [1.165, 1.54) is 6.42 Å². The smallest absolute Gasteiger partial charge is 0.274 e. The minimum atomic E-state index is 0.0312. The molecule has 100 valence electrons. The number of hydrogen-bond acceptors (Lipinski definition) is 3. The van der Waals surface area contributed by atoms with Crippen molar-refractivity contribution in [3.8, 4) is 0 Å². The summed E-state index contributed by atoms with van der Waals surface area (Å²) in [5, 5.41) is 0. The Morgan fingerprint density at radius 3 is 3.21 bits per heavy atom. The van der Waals surface area contributed by atoms with Crippen molar-refractivity contribution in [1.82, 2.24) is 19.3 Å². The van der Waals surface area contributed by atoms with E-state index >= 15 is 0 Å². The quantitative estimate of drug-likeness (QED) is 0.827. The number of hydrogen-bond donors (Lipinski definition) is 0. The SMILES string of the molecule is CCC1CCCN(C(=O)c2cn3cccnc3n2)C1. The lowest BCUT2D eigenvalue weighted by Gasteiger charge is -2.31. The number of imidazole rings is 1. The summed E-state index contributed by atoms with van der Waals surface area (Å²) in [6.07, 6.45) is 8.77. The topological polar surface area (TPSA) is 50.5 Å². The Labute approximate surface area is 112 Å². The number of amides is 1. The highest BCUT2D eigenvalue weighted by molar-refractivity contribution is 5.92. The van der Waals surface area contributed by atoms with Gasteiger partial charge in [0.1, 0.15) is 5.69 Å². The van der Waals surface area contributed by atoms with Gasteiger partial charge < -0.3 is 4.90 Å². The molecule has 1 aliphatic rings. The predicted octanol–water partition coefficient (Wildman–Crippen LogP) is 1.99. The first-order chi connectivity index (χ1) is 9.28. The second-order valence-electron chi connectivity index (χ2n) is 5.12. The summed E-state index contributed by atoms with van der Waals surface area (Å²) in [6.45, 7) is 3.89. The van der Waals surface area contributed by atoms with Crippen molar-refractivity contribution in [2.45, 2.75) is 26.2 Å². The maximum absolute atomic E-state index is 12.5. The summed E-state index contributed by atoms with van der Waals surface area (Å²) in [6, 6.07) is 1.83. The van der Waals surface area contributed by atoms with Crippen LogP contribution in [0, 0.1) is 5.92 Å². The van der Waals surface area contributed by atoms with Gasteiger partial charge in [0, 0.05) is 31.7 Å². The number of fused-ring (bicyclic) bond motifs is 1. The van der Waals surface area contributed by atoms with Crippen LogP contribution in [-0.2, 0) is 0 Å². The minimum absolute atomic E-state index is 0.0312. The lowest BCUT2D eigenvalue weighted by atomic mass is 9.95. The Morgan fingerprint density at radius 2 is 2.42 bits per heavy atom. The molecule has 0 N–H and O–H groups in total. The van der Waals surface area contributed by atoms with Gasteiger partial charge in [0.25, 0.3) is 5.91 Å². The summed E-state index contributed by atoms with van der Waals surface area (Å²) >= 11 is 0. The van der Waals surface area contributed by atoms with Gasteiger partial charge in [-0.2, -0.15) is 0 Å². The molecule has 1 atom stereocenters. The second kappa shape index (κ2) is 4.99. The first kappa shape index (κ1) is 12.1. The van der Waals surface area contributed by atoms with Crippen LogP contribution in [-0.4, -0.2) is 38.3 Å². The lowest BCUT2D eigenvalue weighted by molar-refractivity contribution is 0.0666. The normalized spacial score (nSPS) is 19.8. The Balaban J connectivity index is 1.82. The number of rotatable bonds is 2. The molecule has 2 aromatic heterocycles. The average molecular weight is 258 g/mol. The van der Waals surface area contributed by atoms with Gasteiger partial charge in [-0.1, -0.05) is 13.3 Å². The van der Waals surface area contributed by atoms with Gasteiger partial charge in [-0.05, 0) is 24.8 Å². The maximum atomic E-state index is 12.5. The van der Waals surface area contributed by atoms with Gasteiger partial charge in [-0.25, -0.2) is 9.97 Å². The Bertz CT molecular complexity index is 559. The third-order valence-electron chi connectivity index (χ3n) is 3.84. The first-order valence-corrected chi connectivity index (χ1v) is 6.87. The van der Waals surface area contributed by atoms with Gasteiger partial charge in [0.15, 0.2) is 0 Å². The van der Waals surface area contributed by atoms with Crippen LogP contribution in [0.4, 0.5) is 0 Å². The zero-order valence-corrected chi connectivity index (χ0v) is 11.1. The molecule has 5 heteroatoms. The van der Waals surface area contributed by atoms with E-state index in [0.29, 0.717) is 17.4 Å². The van der Waals surface area contributed by atoms with Crippen LogP contribution in [0.5, 0.6) is 0 Å². The largest absolute Gasteiger partial charge is 0.337 e. The van der Waals surface area contributed by atoms with Gasteiger partial charge in [0.2, 0.25) is 5.78 Å². The van der Waals surface area contributed by atoms with Crippen molar-refractivity contribution in [2.75, 3.05) is 13.1 Å². The molecular formula is C14H18N4O. The summed E-state index contributed by atoms with van der Waals surface area (Å²) in [5.74, 6) is 1.24. The molecule has 0 bridgehead atoms. The van der Waals surface area contributed by atoms with Crippen LogP contribution in [0.1, 0.15) is 36.7 Å². The zero-order valence-electron chi connectivity index (χ0n) is 11.1. The molecule has 0 aliphatic carbocycles. The van der Waals surface area contributed by atoms with Gasteiger partial charge in [0.05, 0.1) is 0 Å². The Hall–Kier alpha value is -1.91. The van der Waals surface area contributed by atoms with Gasteiger partial charge in [-0.15, -0.1) is 0 Å². The Morgan fingerprint density at radius 1 is 1.53 bits per heavy atom. The first-order valence-electron chi connectivity index (χ1n) is 6.87. The molecule has 3 heterocycles. The third kappa shape index (κ3) is 2.32. The number of piperidine rings is 1. The molecule has 3 rings (SSSR count). The molecule has 0 radical (unpaired) electrons. The minimum Gasteiger partial charge on any atom is -0.337 e. The number of carbonyl (C=O) groups excluding carboxylic acids is 1. The monoisotopic (exact) mass is 258 g/mol. The number of aromatic nitrogens is 3. The molecule has 19 heavy (non-hydrogen) atoms. The molecule has 0 spiro atoms. The molecule has 5 nitrogen and oxygen atoms in total. The van der Waals surface area contributed by atoms with E-state index in [-0.39, 0.29) is 5.91 Å². The molecule has 1 fully saturated rings. The molecule has 1 aliphatic heterocycles. The molecule has 2 aromatic rings. The van der Waals surface area contributed by atoms with Crippen LogP contribution < -0.4 is 0 Å². The summed E-state index contributed by atoms with van der Waals surface area (Å²) in [5.41, 5.74) is 0.496. The van der Waals surface area contributed by atoms with E-state index in [0.717, 1.165) is 25.9 Å². The van der Waals surface area contributed by atoms with Crippen molar-refractivity contribution in [3.05, 3.63) is 30.4 Å². The summed E-state index contributed by atoms with van der Waals surface area (Å²) < 4.78 is 1.79. The van der Waals surface area contributed by atoms with E-state index < -0.39 is 0 Å². The van der Waals surface area contributed by atoms with E-state index in [1.54, 1.807) is 16.8 Å². The standard InChI is InChI=1S/C14H18N4O/c1-2-11-5-3-7-17(9-11)13(19)12-10-18-8-4-6-15-14(18)16-12/h4,6,8,10-11H,2-3,5,7,9H2,1H3. The van der Waals surface area contributed by atoms with Crippen molar-refractivity contribution in [1.29, 1.82) is 0 Å². The van der Waals surface area contributed by atoms with E-state index in [9.17, 15) is 4.79 Å². The van der Waals surface area contributed by atoms with Crippen LogP contribution in [0.3, 0.4) is 0 Å². The van der Waals surface area contributed by atoms with E-state index in [4.69, 9.17) is 0 Å². The predicted molar refractivity (Wildman–Crippen MR) is 71.9 cm³/mol. The molecular weight excluding hydrogens is 240 g/mol.